The van der Waals surface area contributed by atoms with Crippen molar-refractivity contribution in [2.45, 2.75) is 91.5 Å². The number of carbonyl (C=O) groups is 2. The average Bonchev–Trinajstić information content (AvgIpc) is 2.93. The summed E-state index contributed by atoms with van der Waals surface area (Å²) in [7, 11) is -0.968. The Morgan fingerprint density at radius 3 is 2.73 bits per heavy atom. The van der Waals surface area contributed by atoms with Gasteiger partial charge in [0, 0.05) is 10.8 Å². The predicted octanol–water partition coefficient (Wildman–Crippen LogP) is 2.74. The first-order valence-corrected chi connectivity index (χ1v) is 14.7. The lowest BCUT2D eigenvalue weighted by molar-refractivity contribution is -0.195. The first-order valence-electron chi connectivity index (χ1n) is 14.7. The second kappa shape index (κ2) is 11.9. The number of benzene rings is 1. The number of hydrogen-bond acceptors (Lipinski definition) is 9. The summed E-state index contributed by atoms with van der Waals surface area (Å²) in [4.78, 5) is 25.5. The van der Waals surface area contributed by atoms with Crippen molar-refractivity contribution < 1.29 is 34.3 Å². The first kappa shape index (κ1) is 31.3. The van der Waals surface area contributed by atoms with Gasteiger partial charge in [-0.2, -0.15) is 5.10 Å². The van der Waals surface area contributed by atoms with E-state index in [0.717, 1.165) is 18.4 Å². The normalized spacial score (nSPS) is 35.3. The fourth-order valence-electron chi connectivity index (χ4n) is 7.62. The topological polar surface area (TPSA) is 138 Å². The highest BCUT2D eigenvalue weighted by molar-refractivity contribution is 6.65. The second-order valence-corrected chi connectivity index (χ2v) is 13.0. The minimum atomic E-state index is -1.12. The van der Waals surface area contributed by atoms with E-state index in [0.29, 0.717) is 30.5 Å². The number of nitrogens with zero attached hydrogens (tertiary/aromatic N) is 1. The minimum Gasteiger partial charge on any atom is -0.482 e. The van der Waals surface area contributed by atoms with Gasteiger partial charge in [0.2, 0.25) is 0 Å². The molecule has 0 amide bonds. The number of fused-ring (bicyclic) bond motifs is 3. The van der Waals surface area contributed by atoms with Crippen molar-refractivity contribution in [3.05, 3.63) is 36.4 Å². The van der Waals surface area contributed by atoms with Gasteiger partial charge in [-0.3, -0.25) is 4.79 Å². The van der Waals surface area contributed by atoms with Gasteiger partial charge in [0.05, 0.1) is 12.3 Å². The molecular formula is C31H45BN2O7. The Bertz CT molecular complexity index is 1190. The van der Waals surface area contributed by atoms with Crippen LogP contribution in [0.1, 0.15) is 78.7 Å². The zero-order chi connectivity index (χ0) is 30.2. The van der Waals surface area contributed by atoms with Gasteiger partial charge in [-0.25, -0.2) is 4.79 Å². The maximum atomic E-state index is 13.3. The van der Waals surface area contributed by atoms with Crippen LogP contribution >= 0.6 is 0 Å². The van der Waals surface area contributed by atoms with Crippen LogP contribution in [0.5, 0.6) is 5.75 Å². The number of ether oxygens (including phenoxy) is 2. The Labute approximate surface area is 243 Å². The lowest BCUT2D eigenvalue weighted by atomic mass is 9.46. The molecule has 0 unspecified atom stereocenters. The quantitative estimate of drug-likeness (QED) is 0.203. The number of rotatable bonds is 9. The van der Waals surface area contributed by atoms with Crippen molar-refractivity contribution >= 4 is 30.5 Å². The summed E-state index contributed by atoms with van der Waals surface area (Å²) in [6.45, 7) is 13.4. The maximum Gasteiger partial charge on any atom is 0.464 e. The van der Waals surface area contributed by atoms with Crippen molar-refractivity contribution in [2.24, 2.45) is 33.2 Å². The molecule has 8 atom stereocenters. The van der Waals surface area contributed by atoms with E-state index >= 15 is 0 Å². The summed E-state index contributed by atoms with van der Waals surface area (Å²) in [5.41, 5.74) is -0.386. The number of Topliss-reactive ketones (excluding diaryl/α,β-unsaturated/α-hetero) is 1. The molecule has 224 valence electrons. The number of hydrazone groups is 1. The van der Waals surface area contributed by atoms with Gasteiger partial charge in [0.15, 0.2) is 12.4 Å². The van der Waals surface area contributed by atoms with Crippen LogP contribution in [-0.4, -0.2) is 65.2 Å². The van der Waals surface area contributed by atoms with E-state index in [1.807, 2.05) is 13.8 Å². The smallest absolute Gasteiger partial charge is 0.464 e. The van der Waals surface area contributed by atoms with Crippen LogP contribution in [0.15, 0.2) is 36.0 Å². The van der Waals surface area contributed by atoms with E-state index in [9.17, 15) is 24.8 Å². The molecule has 2 aliphatic carbocycles. The van der Waals surface area contributed by atoms with E-state index in [1.165, 1.54) is 6.92 Å². The Kier molecular flexibility index (Phi) is 9.07. The van der Waals surface area contributed by atoms with Gasteiger partial charge in [-0.15, -0.1) is 6.58 Å². The molecule has 2 saturated carbocycles. The molecule has 3 aliphatic rings. The van der Waals surface area contributed by atoms with Crippen LogP contribution in [0, 0.1) is 28.1 Å². The summed E-state index contributed by atoms with van der Waals surface area (Å²) in [5.74, 6) is -0.362. The van der Waals surface area contributed by atoms with Crippen molar-refractivity contribution in [1.29, 1.82) is 0 Å². The van der Waals surface area contributed by atoms with E-state index in [2.05, 4.69) is 30.9 Å². The predicted molar refractivity (Wildman–Crippen MR) is 158 cm³/mol. The molecule has 2 fully saturated rings. The van der Waals surface area contributed by atoms with Crippen molar-refractivity contribution in [3.8, 4) is 5.75 Å². The van der Waals surface area contributed by atoms with Crippen molar-refractivity contribution in [2.75, 3.05) is 6.61 Å². The monoisotopic (exact) mass is 568 g/mol. The summed E-state index contributed by atoms with van der Waals surface area (Å²) >= 11 is 0. The summed E-state index contributed by atoms with van der Waals surface area (Å²) < 4.78 is 12.0. The highest BCUT2D eigenvalue weighted by Crippen LogP contribution is 2.62. The molecule has 0 radical (unpaired) electrons. The molecule has 0 spiro atoms. The van der Waals surface area contributed by atoms with Crippen LogP contribution < -0.4 is 15.5 Å². The van der Waals surface area contributed by atoms with Gasteiger partial charge in [-0.1, -0.05) is 46.3 Å². The number of esters is 1. The second-order valence-electron chi connectivity index (χ2n) is 13.0. The van der Waals surface area contributed by atoms with Crippen LogP contribution in [0.3, 0.4) is 0 Å². The largest absolute Gasteiger partial charge is 0.482 e. The number of aliphatic hydroxyl groups is 2. The third-order valence-corrected chi connectivity index (χ3v) is 10.5. The zero-order valence-corrected chi connectivity index (χ0v) is 24.9. The fourth-order valence-corrected chi connectivity index (χ4v) is 7.62. The molecular weight excluding hydrogens is 523 g/mol. The number of hydrogen-bond donors (Lipinski definition) is 4. The standard InChI is InChI=1S/C31H45BN2O7/c1-7-23-28(38)29(5,8-2)15-26(30(6)18-31(23,12-11-19(30)3)14-25(36)20(4)35)41-27(37)17-40-22-10-9-21-16-33-34-32(39)24(21)13-22/h8-10,13,16,19,23,25-26,28,34,36,38-39H,2,7,11-12,14-15,17-18H2,1,3-6H3/t19-,23+,25+,26-,28+,29-,30+,31-/m1/s1. The fraction of sp³-hybridized carbons (Fsp3) is 0.645. The molecule has 4 rings (SSSR count). The lowest BCUT2D eigenvalue weighted by Crippen LogP contribution is -2.59. The molecule has 9 nitrogen and oxygen atoms in total. The molecule has 4 N–H and O–H groups in total. The molecule has 1 aliphatic heterocycles. The summed E-state index contributed by atoms with van der Waals surface area (Å²) in [5, 5.41) is 39.3. The Hall–Kier alpha value is -2.69. The van der Waals surface area contributed by atoms with Gasteiger partial charge < -0.3 is 30.0 Å². The van der Waals surface area contributed by atoms with Crippen LogP contribution in [0.4, 0.5) is 0 Å². The van der Waals surface area contributed by atoms with Crippen molar-refractivity contribution in [1.82, 2.24) is 5.34 Å². The van der Waals surface area contributed by atoms with Crippen LogP contribution in [0.25, 0.3) is 0 Å². The summed E-state index contributed by atoms with van der Waals surface area (Å²) in [6.07, 6.45) is 4.46. The molecule has 10 heteroatoms. The van der Waals surface area contributed by atoms with Gasteiger partial charge >= 0.3 is 13.0 Å². The first-order chi connectivity index (χ1) is 19.3. The molecule has 1 aromatic carbocycles. The SMILES string of the molecule is C=C[C@]1(C)C[C@@H](OC(=O)COc2ccc3c(c2)B(O)NN=C3)[C@@]2(C)C[C@](C[C@H](O)C(C)=O)(CC[C@H]2C)[C@@H](CC)[C@@H]1O. The molecule has 0 aromatic heterocycles. The Balaban J connectivity index is 1.61. The number of carbonyl (C=O) groups excluding carboxylic acids is 2. The number of aliphatic hydroxyl groups excluding tert-OH is 2. The minimum absolute atomic E-state index is 0.162. The highest BCUT2D eigenvalue weighted by Gasteiger charge is 2.60. The van der Waals surface area contributed by atoms with E-state index in [-0.39, 0.29) is 30.6 Å². The molecule has 1 aromatic rings. The average molecular weight is 569 g/mol. The molecule has 2 bridgehead atoms. The van der Waals surface area contributed by atoms with E-state index < -0.39 is 47.6 Å². The number of ketones is 1. The van der Waals surface area contributed by atoms with Crippen LogP contribution in [-0.2, 0) is 14.3 Å². The van der Waals surface area contributed by atoms with Gasteiger partial charge in [0.1, 0.15) is 18.0 Å². The van der Waals surface area contributed by atoms with E-state index in [4.69, 9.17) is 9.47 Å². The van der Waals surface area contributed by atoms with Gasteiger partial charge in [0.25, 0.3) is 0 Å². The highest BCUT2D eigenvalue weighted by atomic mass is 16.6. The molecule has 1 heterocycles. The zero-order valence-electron chi connectivity index (χ0n) is 24.9. The van der Waals surface area contributed by atoms with Crippen molar-refractivity contribution in [3.63, 3.8) is 0 Å². The van der Waals surface area contributed by atoms with Gasteiger partial charge in [-0.05, 0) is 79.4 Å². The Morgan fingerprint density at radius 1 is 1.34 bits per heavy atom. The third kappa shape index (κ3) is 5.97. The maximum absolute atomic E-state index is 13.3. The summed E-state index contributed by atoms with van der Waals surface area (Å²) in [6, 6.07) is 5.14. The third-order valence-electron chi connectivity index (χ3n) is 10.5. The molecule has 41 heavy (non-hydrogen) atoms. The Morgan fingerprint density at radius 2 is 2.07 bits per heavy atom. The lowest BCUT2D eigenvalue weighted by Gasteiger charge is -2.60. The van der Waals surface area contributed by atoms with Crippen LogP contribution in [0.2, 0.25) is 0 Å². The molecule has 0 saturated heterocycles. The number of nitrogens with one attached hydrogen (secondary N) is 1. The van der Waals surface area contributed by atoms with E-state index in [1.54, 1.807) is 30.5 Å².